The molecule has 0 radical (unpaired) electrons. The lowest BCUT2D eigenvalue weighted by atomic mass is 9.91. The number of alkyl halides is 3. The molecule has 2 aromatic heterocycles. The maximum absolute atomic E-state index is 13.0. The molecule has 2 N–H and O–H groups in total. The second kappa shape index (κ2) is 9.47. The number of carbonyl (C=O) groups excluding carboxylic acids is 2. The summed E-state index contributed by atoms with van der Waals surface area (Å²) in [4.78, 5) is 30.7. The van der Waals surface area contributed by atoms with E-state index < -0.39 is 23.7 Å². The number of halogens is 3. The molecule has 1 spiro atoms. The molecular weight excluding hydrogens is 551 g/mol. The number of H-pyrrole nitrogens is 1. The Kier molecular flexibility index (Phi) is 5.93. The van der Waals surface area contributed by atoms with Crippen molar-refractivity contribution in [2.24, 2.45) is 0 Å². The first kappa shape index (κ1) is 26.3. The average molecular weight is 578 g/mol. The fourth-order valence-corrected chi connectivity index (χ4v) is 6.31. The van der Waals surface area contributed by atoms with E-state index in [1.54, 1.807) is 13.3 Å². The van der Waals surface area contributed by atoms with Crippen molar-refractivity contribution in [1.82, 2.24) is 15.2 Å². The molecule has 2 atom stereocenters. The SMILES string of the molecule is COc1ccc2c(c1)[C@]1(C[C@H]1c1ccc3c(-c4ccc(N5CCC(OC(=O)C(F)(F)F)CC5)nc4)n[nH]c3c1)C(=O)N2. The summed E-state index contributed by atoms with van der Waals surface area (Å²) in [5, 5.41) is 11.6. The zero-order chi connectivity index (χ0) is 29.2. The van der Waals surface area contributed by atoms with Crippen LogP contribution in [0.15, 0.2) is 54.7 Å². The number of hydrogen-bond acceptors (Lipinski definition) is 7. The van der Waals surface area contributed by atoms with E-state index in [-0.39, 0.29) is 11.8 Å². The number of piperidine rings is 1. The lowest BCUT2D eigenvalue weighted by Gasteiger charge is -2.32. The third-order valence-electron chi connectivity index (χ3n) is 8.60. The molecule has 216 valence electrons. The van der Waals surface area contributed by atoms with Gasteiger partial charge < -0.3 is 19.7 Å². The molecule has 3 aliphatic rings. The number of esters is 1. The highest BCUT2D eigenvalue weighted by molar-refractivity contribution is 6.10. The zero-order valence-corrected chi connectivity index (χ0v) is 22.5. The van der Waals surface area contributed by atoms with E-state index in [0.717, 1.165) is 51.1 Å². The highest BCUT2D eigenvalue weighted by Gasteiger charge is 2.65. The number of methoxy groups -OCH3 is 1. The van der Waals surface area contributed by atoms with Crippen molar-refractivity contribution in [2.45, 2.75) is 42.9 Å². The second-order valence-electron chi connectivity index (χ2n) is 11.0. The first-order chi connectivity index (χ1) is 20.2. The standard InChI is InChI=1S/C30H26F3N5O4/c1-41-19-4-6-23-21(13-19)29(27(39)35-23)14-22(29)16-2-5-20-24(12-16)36-37-26(20)17-3-7-25(34-15-17)38-10-8-18(9-11-38)42-28(40)30(31,32)33/h2-7,12-13,15,18,22H,8-11,14H2,1H3,(H,35,39)(H,36,37)/t22-,29-/m0/s1. The fourth-order valence-electron chi connectivity index (χ4n) is 6.31. The van der Waals surface area contributed by atoms with Gasteiger partial charge in [0.05, 0.1) is 18.0 Å². The number of rotatable bonds is 5. The predicted octanol–water partition coefficient (Wildman–Crippen LogP) is 5.09. The van der Waals surface area contributed by atoms with Gasteiger partial charge in [0.1, 0.15) is 23.4 Å². The third kappa shape index (κ3) is 4.24. The molecule has 42 heavy (non-hydrogen) atoms. The number of hydrogen-bond donors (Lipinski definition) is 2. The van der Waals surface area contributed by atoms with Gasteiger partial charge in [-0.3, -0.25) is 9.89 Å². The first-order valence-corrected chi connectivity index (χ1v) is 13.6. The number of aromatic nitrogens is 3. The van der Waals surface area contributed by atoms with Gasteiger partial charge in [-0.15, -0.1) is 0 Å². The number of nitrogens with one attached hydrogen (secondary N) is 2. The van der Waals surface area contributed by atoms with Gasteiger partial charge in [0.15, 0.2) is 0 Å². The molecule has 9 nitrogen and oxygen atoms in total. The molecule has 1 aliphatic carbocycles. The zero-order valence-electron chi connectivity index (χ0n) is 22.5. The Balaban J connectivity index is 1.05. The van der Waals surface area contributed by atoms with E-state index in [4.69, 9.17) is 4.74 Å². The van der Waals surface area contributed by atoms with Crippen molar-refractivity contribution in [3.05, 3.63) is 65.9 Å². The van der Waals surface area contributed by atoms with Crippen LogP contribution in [0, 0.1) is 0 Å². The van der Waals surface area contributed by atoms with Crippen LogP contribution in [0.5, 0.6) is 5.75 Å². The van der Waals surface area contributed by atoms with Crippen molar-refractivity contribution in [2.75, 3.05) is 30.4 Å². The van der Waals surface area contributed by atoms with E-state index in [1.807, 2.05) is 53.4 Å². The number of fused-ring (bicyclic) bond motifs is 3. The summed E-state index contributed by atoms with van der Waals surface area (Å²) in [6.45, 7) is 0.850. The highest BCUT2D eigenvalue weighted by atomic mass is 19.4. The molecule has 2 aliphatic heterocycles. The van der Waals surface area contributed by atoms with E-state index in [0.29, 0.717) is 31.7 Å². The largest absolute Gasteiger partial charge is 0.497 e. The molecule has 0 bridgehead atoms. The highest BCUT2D eigenvalue weighted by Crippen LogP contribution is 2.65. The van der Waals surface area contributed by atoms with E-state index in [2.05, 4.69) is 25.2 Å². The van der Waals surface area contributed by atoms with Gasteiger partial charge in [-0.25, -0.2) is 9.78 Å². The Hall–Kier alpha value is -4.61. The molecule has 2 aromatic carbocycles. The third-order valence-corrected chi connectivity index (χ3v) is 8.60. The minimum Gasteiger partial charge on any atom is -0.497 e. The summed E-state index contributed by atoms with van der Waals surface area (Å²) >= 11 is 0. The molecule has 1 amide bonds. The molecule has 4 heterocycles. The minimum atomic E-state index is -4.99. The smallest absolute Gasteiger partial charge is 0.490 e. The summed E-state index contributed by atoms with van der Waals surface area (Å²) in [5.74, 6) is -0.678. The van der Waals surface area contributed by atoms with Crippen molar-refractivity contribution >= 4 is 34.3 Å². The fraction of sp³-hybridized carbons (Fsp3) is 0.333. The van der Waals surface area contributed by atoms with Crippen molar-refractivity contribution in [3.8, 4) is 17.0 Å². The molecule has 1 saturated carbocycles. The normalized spacial score (nSPS) is 21.9. The lowest BCUT2D eigenvalue weighted by molar-refractivity contribution is -0.205. The maximum atomic E-state index is 13.0. The van der Waals surface area contributed by atoms with Crippen LogP contribution in [0.3, 0.4) is 0 Å². The van der Waals surface area contributed by atoms with E-state index in [9.17, 15) is 22.8 Å². The topological polar surface area (TPSA) is 109 Å². The predicted molar refractivity (Wildman–Crippen MR) is 147 cm³/mol. The summed E-state index contributed by atoms with van der Waals surface area (Å²) in [7, 11) is 1.61. The minimum absolute atomic E-state index is 0.0128. The Bertz CT molecular complexity index is 1710. The van der Waals surface area contributed by atoms with Gasteiger partial charge in [-0.05, 0) is 53.9 Å². The second-order valence-corrected chi connectivity index (χ2v) is 11.0. The Morgan fingerprint density at radius 1 is 1.10 bits per heavy atom. The van der Waals surface area contributed by atoms with Gasteiger partial charge in [0.25, 0.3) is 0 Å². The number of carbonyl (C=O) groups is 2. The molecule has 0 unspecified atom stereocenters. The lowest BCUT2D eigenvalue weighted by Crippen LogP contribution is -2.40. The number of aromatic amines is 1. The number of benzene rings is 2. The van der Waals surface area contributed by atoms with Gasteiger partial charge in [0.2, 0.25) is 5.91 Å². The van der Waals surface area contributed by atoms with Crippen molar-refractivity contribution in [3.63, 3.8) is 0 Å². The number of anilines is 2. The molecule has 12 heteroatoms. The van der Waals surface area contributed by atoms with Crippen LogP contribution in [0.25, 0.3) is 22.2 Å². The molecule has 4 aromatic rings. The average Bonchev–Trinajstić information content (AvgIpc) is 3.51. The molecule has 7 rings (SSSR count). The van der Waals surface area contributed by atoms with Crippen LogP contribution in [-0.4, -0.2) is 59.5 Å². The van der Waals surface area contributed by atoms with E-state index in [1.165, 1.54) is 0 Å². The monoisotopic (exact) mass is 577 g/mol. The van der Waals surface area contributed by atoms with Crippen LogP contribution < -0.4 is 15.0 Å². The van der Waals surface area contributed by atoms with Gasteiger partial charge in [-0.2, -0.15) is 18.3 Å². The number of ether oxygens (including phenoxy) is 2. The maximum Gasteiger partial charge on any atom is 0.490 e. The first-order valence-electron chi connectivity index (χ1n) is 13.6. The Morgan fingerprint density at radius 3 is 2.62 bits per heavy atom. The summed E-state index contributed by atoms with van der Waals surface area (Å²) < 4.78 is 47.4. The quantitative estimate of drug-likeness (QED) is 0.318. The van der Waals surface area contributed by atoms with Crippen LogP contribution in [0.4, 0.5) is 24.7 Å². The Morgan fingerprint density at radius 2 is 1.90 bits per heavy atom. The summed E-state index contributed by atoms with van der Waals surface area (Å²) in [6.07, 6.45) is -2.72. The Labute approximate surface area is 238 Å². The van der Waals surface area contributed by atoms with Crippen LogP contribution in [0.2, 0.25) is 0 Å². The number of pyridine rings is 1. The summed E-state index contributed by atoms with van der Waals surface area (Å²) in [5.41, 5.74) is 4.68. The van der Waals surface area contributed by atoms with Gasteiger partial charge in [0, 0.05) is 54.7 Å². The van der Waals surface area contributed by atoms with Crippen molar-refractivity contribution in [1.29, 1.82) is 0 Å². The molecule has 2 fully saturated rings. The van der Waals surface area contributed by atoms with Crippen LogP contribution in [-0.2, 0) is 19.7 Å². The molecule has 1 saturated heterocycles. The summed E-state index contributed by atoms with van der Waals surface area (Å²) in [6, 6.07) is 15.5. The molecular formula is C30H26F3N5O4. The number of amides is 1. The van der Waals surface area contributed by atoms with E-state index >= 15 is 0 Å². The van der Waals surface area contributed by atoms with Gasteiger partial charge >= 0.3 is 12.1 Å². The van der Waals surface area contributed by atoms with Crippen LogP contribution in [0.1, 0.15) is 36.3 Å². The van der Waals surface area contributed by atoms with Crippen molar-refractivity contribution < 1.29 is 32.2 Å². The van der Waals surface area contributed by atoms with Crippen LogP contribution >= 0.6 is 0 Å². The van der Waals surface area contributed by atoms with Gasteiger partial charge in [-0.1, -0.05) is 12.1 Å². The number of nitrogens with zero attached hydrogens (tertiary/aromatic N) is 3.